The fraction of sp³-hybridized carbons (Fsp3) is 0. The highest BCUT2D eigenvalue weighted by molar-refractivity contribution is 5.85. The van der Waals surface area contributed by atoms with Gasteiger partial charge in [-0.25, -0.2) is 0 Å². The zero-order valence-electron chi connectivity index (χ0n) is 5.91. The molecule has 2 heterocycles. The summed E-state index contributed by atoms with van der Waals surface area (Å²) in [6.45, 7) is 3.69. The molecule has 0 fully saturated rings. The lowest BCUT2D eigenvalue weighted by Crippen LogP contribution is -1.78. The second kappa shape index (κ2) is 2.20. The highest BCUT2D eigenvalue weighted by Crippen LogP contribution is 2.14. The lowest BCUT2D eigenvalue weighted by molar-refractivity contribution is 1.06. The highest BCUT2D eigenvalue weighted by Gasteiger charge is 1.98. The number of aromatic amines is 1. The van der Waals surface area contributed by atoms with Crippen molar-refractivity contribution in [3.05, 3.63) is 30.6 Å². The molecule has 0 unspecified atom stereocenters. The van der Waals surface area contributed by atoms with Gasteiger partial charge in [0, 0.05) is 17.1 Å². The van der Waals surface area contributed by atoms with E-state index in [1.165, 1.54) is 0 Å². The number of aromatic nitrogens is 3. The molecule has 0 amide bonds. The van der Waals surface area contributed by atoms with Gasteiger partial charge in [-0.2, -0.15) is 5.10 Å². The number of rotatable bonds is 1. The van der Waals surface area contributed by atoms with Crippen LogP contribution in [0.5, 0.6) is 0 Å². The summed E-state index contributed by atoms with van der Waals surface area (Å²) in [6, 6.07) is 1.91. The Morgan fingerprint density at radius 2 is 2.45 bits per heavy atom. The summed E-state index contributed by atoms with van der Waals surface area (Å²) in [4.78, 5) is 2.99. The van der Waals surface area contributed by atoms with E-state index in [0.717, 1.165) is 16.6 Å². The van der Waals surface area contributed by atoms with Crippen LogP contribution in [0.4, 0.5) is 0 Å². The van der Waals surface area contributed by atoms with E-state index >= 15 is 0 Å². The number of H-pyrrole nitrogens is 1. The van der Waals surface area contributed by atoms with Crippen molar-refractivity contribution in [2.45, 2.75) is 0 Å². The van der Waals surface area contributed by atoms with Crippen LogP contribution in [0.15, 0.2) is 25.0 Å². The van der Waals surface area contributed by atoms with E-state index in [1.54, 1.807) is 12.3 Å². The Bertz CT molecular complexity index is 389. The maximum Gasteiger partial charge on any atom is 0.160 e. The highest BCUT2D eigenvalue weighted by atomic mass is 15.1. The van der Waals surface area contributed by atoms with Crippen LogP contribution in [0, 0.1) is 0 Å². The van der Waals surface area contributed by atoms with Crippen LogP contribution >= 0.6 is 0 Å². The molecule has 2 aromatic rings. The Hall–Kier alpha value is -1.64. The summed E-state index contributed by atoms with van der Waals surface area (Å²) in [5, 5.41) is 8.71. The third kappa shape index (κ3) is 0.816. The standard InChI is InChI=1S/C8H7N3/c1-2-6-5-9-8-7(6)3-4-10-11-8/h2-5H,1H2,(H,9,11). The monoisotopic (exact) mass is 145 g/mol. The molecule has 54 valence electrons. The molecular formula is C8H7N3. The van der Waals surface area contributed by atoms with E-state index in [2.05, 4.69) is 21.8 Å². The first-order valence-corrected chi connectivity index (χ1v) is 3.33. The molecule has 0 aliphatic rings. The van der Waals surface area contributed by atoms with Gasteiger partial charge in [0.05, 0.1) is 6.20 Å². The number of nitrogens with one attached hydrogen (secondary N) is 1. The van der Waals surface area contributed by atoms with Gasteiger partial charge in [-0.05, 0) is 6.07 Å². The summed E-state index contributed by atoms with van der Waals surface area (Å²) in [5.74, 6) is 0. The first kappa shape index (κ1) is 6.09. The molecule has 3 heteroatoms. The van der Waals surface area contributed by atoms with Gasteiger partial charge >= 0.3 is 0 Å². The molecule has 1 N–H and O–H groups in total. The average molecular weight is 145 g/mol. The molecule has 0 aliphatic heterocycles. The normalized spacial score (nSPS) is 10.2. The molecule has 0 aromatic carbocycles. The van der Waals surface area contributed by atoms with Crippen molar-refractivity contribution in [1.29, 1.82) is 0 Å². The van der Waals surface area contributed by atoms with Crippen molar-refractivity contribution in [3.8, 4) is 0 Å². The number of fused-ring (bicyclic) bond motifs is 1. The van der Waals surface area contributed by atoms with E-state index in [-0.39, 0.29) is 0 Å². The quantitative estimate of drug-likeness (QED) is 0.662. The summed E-state index contributed by atoms with van der Waals surface area (Å²) < 4.78 is 0. The second-order valence-corrected chi connectivity index (χ2v) is 2.24. The molecule has 0 bridgehead atoms. The molecule has 0 aliphatic carbocycles. The topological polar surface area (TPSA) is 41.6 Å². The third-order valence-electron chi connectivity index (χ3n) is 1.62. The average Bonchev–Trinajstić information content (AvgIpc) is 2.47. The molecule has 0 saturated carbocycles. The fourth-order valence-electron chi connectivity index (χ4n) is 1.06. The molecular weight excluding hydrogens is 138 g/mol. The molecule has 2 aromatic heterocycles. The summed E-state index contributed by atoms with van der Waals surface area (Å²) in [6.07, 6.45) is 5.33. The predicted octanol–water partition coefficient (Wildman–Crippen LogP) is 1.60. The van der Waals surface area contributed by atoms with Crippen molar-refractivity contribution in [2.75, 3.05) is 0 Å². The zero-order chi connectivity index (χ0) is 7.68. The number of nitrogens with zero attached hydrogens (tertiary/aromatic N) is 2. The molecule has 0 atom stereocenters. The largest absolute Gasteiger partial charge is 0.344 e. The number of hydrogen-bond acceptors (Lipinski definition) is 2. The molecule has 0 saturated heterocycles. The minimum absolute atomic E-state index is 0.808. The molecule has 0 radical (unpaired) electrons. The Balaban J connectivity index is 2.86. The van der Waals surface area contributed by atoms with Crippen molar-refractivity contribution in [1.82, 2.24) is 15.2 Å². The van der Waals surface area contributed by atoms with Crippen molar-refractivity contribution in [2.24, 2.45) is 0 Å². The van der Waals surface area contributed by atoms with Crippen molar-refractivity contribution >= 4 is 17.1 Å². The fourth-order valence-corrected chi connectivity index (χ4v) is 1.06. The zero-order valence-corrected chi connectivity index (χ0v) is 5.91. The predicted molar refractivity (Wildman–Crippen MR) is 44.0 cm³/mol. The lowest BCUT2D eigenvalue weighted by Gasteiger charge is -1.86. The Labute approximate surface area is 63.8 Å². The van der Waals surface area contributed by atoms with Crippen molar-refractivity contribution < 1.29 is 0 Å². The van der Waals surface area contributed by atoms with Crippen LogP contribution in [0.2, 0.25) is 0 Å². The Morgan fingerprint density at radius 3 is 3.27 bits per heavy atom. The van der Waals surface area contributed by atoms with Gasteiger partial charge in [0.2, 0.25) is 0 Å². The molecule has 0 spiro atoms. The van der Waals surface area contributed by atoms with E-state index in [0.29, 0.717) is 0 Å². The minimum Gasteiger partial charge on any atom is -0.344 e. The van der Waals surface area contributed by atoms with E-state index in [4.69, 9.17) is 0 Å². The third-order valence-corrected chi connectivity index (χ3v) is 1.62. The molecule has 11 heavy (non-hydrogen) atoms. The van der Waals surface area contributed by atoms with Gasteiger partial charge in [0.15, 0.2) is 5.65 Å². The smallest absolute Gasteiger partial charge is 0.160 e. The van der Waals surface area contributed by atoms with Gasteiger partial charge in [-0.3, -0.25) is 0 Å². The first-order chi connectivity index (χ1) is 5.42. The Kier molecular flexibility index (Phi) is 1.22. The van der Waals surface area contributed by atoms with E-state index in [1.807, 2.05) is 12.3 Å². The van der Waals surface area contributed by atoms with Gasteiger partial charge in [-0.15, -0.1) is 5.10 Å². The van der Waals surface area contributed by atoms with Gasteiger partial charge < -0.3 is 4.98 Å². The van der Waals surface area contributed by atoms with Crippen LogP contribution in [0.1, 0.15) is 5.56 Å². The van der Waals surface area contributed by atoms with Gasteiger partial charge in [-0.1, -0.05) is 12.7 Å². The second-order valence-electron chi connectivity index (χ2n) is 2.24. The Morgan fingerprint density at radius 1 is 1.55 bits per heavy atom. The van der Waals surface area contributed by atoms with Crippen LogP contribution in [-0.4, -0.2) is 15.2 Å². The van der Waals surface area contributed by atoms with Crippen LogP contribution < -0.4 is 0 Å². The maximum atomic E-state index is 3.90. The van der Waals surface area contributed by atoms with Crippen LogP contribution in [-0.2, 0) is 0 Å². The summed E-state index contributed by atoms with van der Waals surface area (Å²) >= 11 is 0. The SMILES string of the molecule is C=Cc1c[nH]c2nnccc12. The first-order valence-electron chi connectivity index (χ1n) is 3.33. The van der Waals surface area contributed by atoms with Crippen LogP contribution in [0.3, 0.4) is 0 Å². The maximum absolute atomic E-state index is 3.90. The van der Waals surface area contributed by atoms with E-state index < -0.39 is 0 Å². The van der Waals surface area contributed by atoms with Crippen molar-refractivity contribution in [3.63, 3.8) is 0 Å². The number of hydrogen-bond donors (Lipinski definition) is 1. The van der Waals surface area contributed by atoms with E-state index in [9.17, 15) is 0 Å². The molecule has 3 nitrogen and oxygen atoms in total. The minimum atomic E-state index is 0.808. The summed E-state index contributed by atoms with van der Waals surface area (Å²) in [7, 11) is 0. The summed E-state index contributed by atoms with van der Waals surface area (Å²) in [5.41, 5.74) is 1.87. The lowest BCUT2D eigenvalue weighted by atomic mass is 10.2. The molecule has 2 rings (SSSR count). The van der Waals surface area contributed by atoms with Gasteiger partial charge in [0.25, 0.3) is 0 Å². The van der Waals surface area contributed by atoms with Gasteiger partial charge in [0.1, 0.15) is 0 Å². The van der Waals surface area contributed by atoms with Crippen LogP contribution in [0.25, 0.3) is 17.1 Å².